The molecule has 6 nitrogen and oxygen atoms in total. The largest absolute Gasteiger partial charge is 0.510 e. The number of imidazole rings is 1. The number of fused-ring (bicyclic) bond motifs is 10. The first kappa shape index (κ1) is 32.0. The summed E-state index contributed by atoms with van der Waals surface area (Å²) in [4.78, 5) is 9.63. The number of aromatic nitrogens is 3. The molecule has 3 aliphatic rings. The summed E-state index contributed by atoms with van der Waals surface area (Å²) in [7, 11) is -2.07. The number of nitrogens with zero attached hydrogens (tertiary/aromatic N) is 5. The average molecular weight is 879 g/mol. The van der Waals surface area contributed by atoms with E-state index in [9.17, 15) is 0 Å². The summed E-state index contributed by atoms with van der Waals surface area (Å²) >= 11 is 0. The van der Waals surface area contributed by atoms with E-state index in [4.69, 9.17) is 9.72 Å². The molecule has 0 aliphatic carbocycles. The van der Waals surface area contributed by atoms with Gasteiger partial charge < -0.3 is 18.9 Å². The number of ether oxygens (including phenoxy) is 1. The first-order chi connectivity index (χ1) is 25.6. The van der Waals surface area contributed by atoms with Gasteiger partial charge in [-0.3, -0.25) is 4.57 Å². The summed E-state index contributed by atoms with van der Waals surface area (Å²) in [6.45, 7) is 4.71. The van der Waals surface area contributed by atoms with Crippen molar-refractivity contribution < 1.29 is 30.4 Å². The quantitative estimate of drug-likeness (QED) is 0.106. The maximum absolute atomic E-state index is 6.70. The number of rotatable bonds is 4. The van der Waals surface area contributed by atoms with E-state index in [1.165, 1.54) is 26.9 Å². The van der Waals surface area contributed by atoms with Gasteiger partial charge in [0.1, 0.15) is 5.82 Å². The van der Waals surface area contributed by atoms with Crippen molar-refractivity contribution in [3.63, 3.8) is 0 Å². The van der Waals surface area contributed by atoms with Gasteiger partial charge in [0.15, 0.2) is 0 Å². The molecule has 0 bridgehead atoms. The summed E-state index contributed by atoms with van der Waals surface area (Å²) in [6, 6.07) is 56.3. The van der Waals surface area contributed by atoms with Crippen LogP contribution >= 0.6 is 0 Å². The van der Waals surface area contributed by atoms with Crippen molar-refractivity contribution >= 4 is 64.8 Å². The fourth-order valence-corrected chi connectivity index (χ4v) is 11.4. The van der Waals surface area contributed by atoms with E-state index in [2.05, 4.69) is 172 Å². The van der Waals surface area contributed by atoms with E-state index >= 15 is 0 Å². The molecule has 0 amide bonds. The van der Waals surface area contributed by atoms with Crippen molar-refractivity contribution in [3.8, 4) is 34.0 Å². The third kappa shape index (κ3) is 4.62. The Bertz CT molecular complexity index is 2740. The molecule has 11 rings (SSSR count). The molecule has 0 unspecified atom stereocenters. The molecule has 6 aromatic carbocycles. The molecule has 0 radical (unpaired) electrons. The number of benzene rings is 6. The first-order valence-electron chi connectivity index (χ1n) is 17.6. The zero-order chi connectivity index (χ0) is 34.6. The van der Waals surface area contributed by atoms with E-state index in [0.717, 1.165) is 45.3 Å². The summed E-state index contributed by atoms with van der Waals surface area (Å²) in [5.74, 6) is 2.15. The number of pyridine rings is 1. The average Bonchev–Trinajstić information content (AvgIpc) is 3.76. The molecule has 53 heavy (non-hydrogen) atoms. The predicted octanol–water partition coefficient (Wildman–Crippen LogP) is 7.29. The second-order valence-electron chi connectivity index (χ2n) is 14.1. The van der Waals surface area contributed by atoms with Crippen molar-refractivity contribution in [2.24, 2.45) is 0 Å². The van der Waals surface area contributed by atoms with Gasteiger partial charge in [-0.15, -0.1) is 35.0 Å². The summed E-state index contributed by atoms with van der Waals surface area (Å²) < 4.78 is 11.0. The Kier molecular flexibility index (Phi) is 7.20. The minimum absolute atomic E-state index is 0. The van der Waals surface area contributed by atoms with Crippen LogP contribution in [0.4, 0.5) is 22.9 Å². The third-order valence-corrected chi connectivity index (χ3v) is 14.3. The number of hydrogen-bond donors (Lipinski definition) is 0. The Labute approximate surface area is 324 Å². The van der Waals surface area contributed by atoms with Gasteiger partial charge in [-0.1, -0.05) is 108 Å². The van der Waals surface area contributed by atoms with Gasteiger partial charge in [-0.05, 0) is 47.5 Å². The molecule has 0 spiro atoms. The molecule has 0 N–H and O–H groups in total. The van der Waals surface area contributed by atoms with Crippen molar-refractivity contribution in [2.45, 2.75) is 13.1 Å². The maximum Gasteiger partial charge on any atom is 0.419 e. The van der Waals surface area contributed by atoms with Crippen LogP contribution in [0.2, 0.25) is 13.1 Å². The number of para-hydroxylation sites is 3. The van der Waals surface area contributed by atoms with Crippen LogP contribution in [0.25, 0.3) is 33.5 Å². The molecule has 256 valence electrons. The van der Waals surface area contributed by atoms with Crippen LogP contribution < -0.4 is 34.8 Å². The van der Waals surface area contributed by atoms with Crippen LogP contribution in [0.1, 0.15) is 0 Å². The SMILES string of the molecule is C[Si]1(C)c2ccc(Oc3[c-]c4c(cc3)-c3ccccc3B3N(c5ccccc5)c5cccnc5N34)[c-]c2-n2[c-][n+](-c3ccccc3)c3cccc1c32.[Pt]. The zero-order valence-corrected chi connectivity index (χ0v) is 32.2. The molecular weight excluding hydrogens is 848 g/mol. The standard InChI is InChI=1S/C44H30BN5OSi.Pt/c1-52(2)41-25-23-33(28-40(41)48-29-47(30-13-5-3-6-14-30)37-19-11-21-42(52)43(37)48)51-32-22-24-35-34-17-9-10-18-36(34)45-49(31-15-7-4-8-16-31)38-20-12-26-46-44(38)50(45)39(35)27-32;/h3-26H,1-2H3;/q-2;. The molecular formula is C44H30BN5OPtSi-2. The Morgan fingerprint density at radius 3 is 2.23 bits per heavy atom. The van der Waals surface area contributed by atoms with Crippen molar-refractivity contribution in [1.82, 2.24) is 9.55 Å². The monoisotopic (exact) mass is 878 g/mol. The molecule has 0 atom stereocenters. The molecule has 3 aliphatic heterocycles. The van der Waals surface area contributed by atoms with Crippen molar-refractivity contribution in [3.05, 3.63) is 164 Å². The van der Waals surface area contributed by atoms with Crippen LogP contribution in [-0.4, -0.2) is 24.6 Å². The molecule has 0 saturated heterocycles. The molecule has 2 aromatic heterocycles. The van der Waals surface area contributed by atoms with E-state index in [0.29, 0.717) is 11.5 Å². The Morgan fingerprint density at radius 1 is 0.660 bits per heavy atom. The van der Waals surface area contributed by atoms with Crippen LogP contribution in [0.15, 0.2) is 146 Å². The van der Waals surface area contributed by atoms with Gasteiger partial charge in [-0.2, -0.15) is 12.1 Å². The van der Waals surface area contributed by atoms with Crippen LogP contribution in [0.3, 0.4) is 0 Å². The summed E-state index contributed by atoms with van der Waals surface area (Å²) in [5.41, 5.74) is 11.0. The van der Waals surface area contributed by atoms with Gasteiger partial charge in [0.05, 0.1) is 22.4 Å². The van der Waals surface area contributed by atoms with Crippen LogP contribution in [-0.2, 0) is 21.1 Å². The van der Waals surface area contributed by atoms with Crippen molar-refractivity contribution in [1.29, 1.82) is 0 Å². The van der Waals surface area contributed by atoms with Gasteiger partial charge >= 0.3 is 6.98 Å². The van der Waals surface area contributed by atoms with Gasteiger partial charge in [-0.25, -0.2) is 4.98 Å². The van der Waals surface area contributed by atoms with Crippen molar-refractivity contribution in [2.75, 3.05) is 9.62 Å². The van der Waals surface area contributed by atoms with E-state index in [-0.39, 0.29) is 28.0 Å². The molecule has 0 saturated carbocycles. The Morgan fingerprint density at radius 2 is 1.40 bits per heavy atom. The zero-order valence-electron chi connectivity index (χ0n) is 28.9. The predicted molar refractivity (Wildman–Crippen MR) is 210 cm³/mol. The van der Waals surface area contributed by atoms with Crippen LogP contribution in [0.5, 0.6) is 11.5 Å². The molecule has 9 heteroatoms. The van der Waals surface area contributed by atoms with E-state index in [1.54, 1.807) is 0 Å². The first-order valence-corrected chi connectivity index (χ1v) is 20.6. The Balaban J connectivity index is 0.00000349. The molecule has 0 fully saturated rings. The number of anilines is 4. The van der Waals surface area contributed by atoms with Crippen LogP contribution in [0, 0.1) is 18.5 Å². The topological polar surface area (TPSA) is 37.4 Å². The minimum Gasteiger partial charge on any atom is -0.510 e. The van der Waals surface area contributed by atoms with Gasteiger partial charge in [0, 0.05) is 52.5 Å². The second kappa shape index (κ2) is 11.9. The number of hydrogen-bond acceptors (Lipinski definition) is 4. The third-order valence-electron chi connectivity index (χ3n) is 10.8. The Hall–Kier alpha value is -5.69. The maximum atomic E-state index is 6.70. The van der Waals surface area contributed by atoms with E-state index in [1.807, 2.05) is 24.4 Å². The van der Waals surface area contributed by atoms with E-state index < -0.39 is 8.07 Å². The molecule has 8 aromatic rings. The normalized spacial score (nSPS) is 14.1. The smallest absolute Gasteiger partial charge is 0.419 e. The fraction of sp³-hybridized carbons (Fsp3) is 0.0455. The second-order valence-corrected chi connectivity index (χ2v) is 18.4. The van der Waals surface area contributed by atoms with Gasteiger partial charge in [0.2, 0.25) is 0 Å². The molecule has 5 heterocycles. The minimum atomic E-state index is -2.07. The fourth-order valence-electron chi connectivity index (χ4n) is 8.46. The summed E-state index contributed by atoms with van der Waals surface area (Å²) in [5, 5.41) is 2.70. The van der Waals surface area contributed by atoms with Gasteiger partial charge in [0.25, 0.3) is 6.33 Å². The summed E-state index contributed by atoms with van der Waals surface area (Å²) in [6.07, 6.45) is 5.55.